The van der Waals surface area contributed by atoms with Crippen LogP contribution in [0.25, 0.3) is 22.5 Å². The zero-order valence-electron chi connectivity index (χ0n) is 17.1. The first-order valence-corrected chi connectivity index (χ1v) is 11.6. The van der Waals surface area contributed by atoms with Gasteiger partial charge in [-0.05, 0) is 11.6 Å². The number of aromatic amines is 1. The van der Waals surface area contributed by atoms with Gasteiger partial charge in [-0.15, -0.1) is 5.10 Å². The van der Waals surface area contributed by atoms with Crippen molar-refractivity contribution < 1.29 is 0 Å². The van der Waals surface area contributed by atoms with Gasteiger partial charge in [0.2, 0.25) is 0 Å². The minimum atomic E-state index is 0.592. The molecule has 5 aromatic rings. The molecule has 0 spiro atoms. The Morgan fingerprint density at radius 3 is 2.28 bits per heavy atom. The fourth-order valence-corrected chi connectivity index (χ4v) is 4.41. The van der Waals surface area contributed by atoms with Crippen molar-refractivity contribution in [2.24, 2.45) is 0 Å². The lowest BCUT2D eigenvalue weighted by molar-refractivity contribution is 0.649. The van der Waals surface area contributed by atoms with Crippen LogP contribution in [-0.2, 0) is 12.3 Å². The minimum absolute atomic E-state index is 0.592. The molecule has 1 N–H and O–H groups in total. The summed E-state index contributed by atoms with van der Waals surface area (Å²) in [5.74, 6) is 0.665. The zero-order chi connectivity index (χ0) is 21.8. The van der Waals surface area contributed by atoms with Crippen LogP contribution in [0.2, 0.25) is 5.02 Å². The van der Waals surface area contributed by atoms with Gasteiger partial charge in [0.1, 0.15) is 0 Å². The van der Waals surface area contributed by atoms with E-state index in [0.717, 1.165) is 44.0 Å². The van der Waals surface area contributed by atoms with E-state index in [1.54, 1.807) is 11.8 Å². The van der Waals surface area contributed by atoms with Crippen molar-refractivity contribution in [1.82, 2.24) is 25.0 Å². The maximum Gasteiger partial charge on any atom is 0.166 e. The summed E-state index contributed by atoms with van der Waals surface area (Å²) in [6.45, 7) is 0.592. The molecule has 3 aromatic carbocycles. The molecular weight excluding hydrogens is 438 g/mol. The molecule has 0 unspecified atom stereocenters. The normalized spacial score (nSPS) is 11.0. The third-order valence-corrected chi connectivity index (χ3v) is 6.30. The standard InChI is InChI=1S/C25H20ClN5S/c26-22-14-8-7-13-20(22)15-31-16-21(29-30-31)17-32-25-27-23(18-9-3-1-4-10-18)24(28-25)19-11-5-2-6-12-19/h1-14,16H,15,17H2,(H,27,28). The lowest BCUT2D eigenvalue weighted by Gasteiger charge is -2.02. The largest absolute Gasteiger partial charge is 0.332 e. The van der Waals surface area contributed by atoms with Crippen LogP contribution >= 0.6 is 23.4 Å². The topological polar surface area (TPSA) is 59.4 Å². The summed E-state index contributed by atoms with van der Waals surface area (Å²) in [4.78, 5) is 8.39. The molecule has 2 aromatic heterocycles. The zero-order valence-corrected chi connectivity index (χ0v) is 18.7. The molecule has 0 saturated carbocycles. The number of hydrogen-bond acceptors (Lipinski definition) is 4. The molecule has 0 bridgehead atoms. The Balaban J connectivity index is 1.35. The van der Waals surface area contributed by atoms with Crippen LogP contribution in [0.4, 0.5) is 0 Å². The molecule has 0 amide bonds. The molecule has 7 heteroatoms. The van der Waals surface area contributed by atoms with Crippen LogP contribution in [0.5, 0.6) is 0 Å². The van der Waals surface area contributed by atoms with E-state index in [0.29, 0.717) is 12.3 Å². The van der Waals surface area contributed by atoms with Crippen molar-refractivity contribution in [2.45, 2.75) is 17.5 Å². The predicted molar refractivity (Wildman–Crippen MR) is 130 cm³/mol. The predicted octanol–water partition coefficient (Wildman–Crippen LogP) is 6.33. The number of nitrogens with one attached hydrogen (secondary N) is 1. The molecule has 0 radical (unpaired) electrons. The van der Waals surface area contributed by atoms with Gasteiger partial charge < -0.3 is 4.98 Å². The fourth-order valence-electron chi connectivity index (χ4n) is 3.46. The highest BCUT2D eigenvalue weighted by molar-refractivity contribution is 7.98. The summed E-state index contributed by atoms with van der Waals surface area (Å²) in [6.07, 6.45) is 1.95. The van der Waals surface area contributed by atoms with Crippen molar-refractivity contribution in [2.75, 3.05) is 0 Å². The highest BCUT2D eigenvalue weighted by Gasteiger charge is 2.15. The number of halogens is 1. The van der Waals surface area contributed by atoms with Crippen LogP contribution in [0.1, 0.15) is 11.3 Å². The number of thioether (sulfide) groups is 1. The Morgan fingerprint density at radius 2 is 1.53 bits per heavy atom. The maximum absolute atomic E-state index is 6.26. The molecule has 0 aliphatic rings. The first kappa shape index (κ1) is 20.5. The number of benzene rings is 3. The smallest absolute Gasteiger partial charge is 0.166 e. The van der Waals surface area contributed by atoms with E-state index in [2.05, 4.69) is 39.6 Å². The number of imidazole rings is 1. The molecule has 0 aliphatic carbocycles. The Hall–Kier alpha value is -3.35. The fraction of sp³-hybridized carbons (Fsp3) is 0.0800. The van der Waals surface area contributed by atoms with Gasteiger partial charge in [0.05, 0.1) is 23.6 Å². The summed E-state index contributed by atoms with van der Waals surface area (Å²) in [5.41, 5.74) is 6.06. The second-order valence-electron chi connectivity index (χ2n) is 7.29. The van der Waals surface area contributed by atoms with Crippen molar-refractivity contribution in [3.05, 3.63) is 107 Å². The van der Waals surface area contributed by atoms with Crippen molar-refractivity contribution in [1.29, 1.82) is 0 Å². The van der Waals surface area contributed by atoms with Gasteiger partial charge in [0.25, 0.3) is 0 Å². The molecular formula is C25H20ClN5S. The van der Waals surface area contributed by atoms with Crippen LogP contribution < -0.4 is 0 Å². The highest BCUT2D eigenvalue weighted by Crippen LogP contribution is 2.33. The molecule has 0 atom stereocenters. The average Bonchev–Trinajstić information content (AvgIpc) is 3.47. The van der Waals surface area contributed by atoms with E-state index in [-0.39, 0.29) is 0 Å². The number of rotatable bonds is 7. The Labute approximate surface area is 195 Å². The minimum Gasteiger partial charge on any atom is -0.332 e. The first-order valence-electron chi connectivity index (χ1n) is 10.2. The SMILES string of the molecule is Clc1ccccc1Cn1cc(CSc2nc(-c3ccccc3)c(-c3ccccc3)[nH]2)nn1. The molecule has 158 valence electrons. The molecule has 0 fully saturated rings. The summed E-state index contributed by atoms with van der Waals surface area (Å²) >= 11 is 7.87. The van der Waals surface area contributed by atoms with Crippen LogP contribution in [-0.4, -0.2) is 25.0 Å². The second kappa shape index (κ2) is 9.42. The van der Waals surface area contributed by atoms with Gasteiger partial charge in [-0.25, -0.2) is 9.67 Å². The van der Waals surface area contributed by atoms with E-state index in [4.69, 9.17) is 16.6 Å². The Bertz CT molecular complexity index is 1260. The lowest BCUT2D eigenvalue weighted by Crippen LogP contribution is -2.00. The van der Waals surface area contributed by atoms with Gasteiger partial charge in [0.15, 0.2) is 5.16 Å². The van der Waals surface area contributed by atoms with Crippen molar-refractivity contribution in [3.8, 4) is 22.5 Å². The molecule has 5 nitrogen and oxygen atoms in total. The van der Waals surface area contributed by atoms with Gasteiger partial charge in [-0.2, -0.15) is 0 Å². The van der Waals surface area contributed by atoms with E-state index >= 15 is 0 Å². The van der Waals surface area contributed by atoms with E-state index in [9.17, 15) is 0 Å². The van der Waals surface area contributed by atoms with E-state index < -0.39 is 0 Å². The average molecular weight is 458 g/mol. The van der Waals surface area contributed by atoms with Gasteiger partial charge in [-0.3, -0.25) is 0 Å². The first-order chi connectivity index (χ1) is 15.8. The Kier molecular flexibility index (Phi) is 6.05. The molecule has 0 saturated heterocycles. The maximum atomic E-state index is 6.26. The number of H-pyrrole nitrogens is 1. The molecule has 0 aliphatic heterocycles. The number of aromatic nitrogens is 5. The molecule has 5 rings (SSSR count). The summed E-state index contributed by atoms with van der Waals surface area (Å²) in [5, 5.41) is 10.1. The summed E-state index contributed by atoms with van der Waals surface area (Å²) in [7, 11) is 0. The summed E-state index contributed by atoms with van der Waals surface area (Å²) < 4.78 is 1.81. The van der Waals surface area contributed by atoms with Crippen molar-refractivity contribution in [3.63, 3.8) is 0 Å². The third-order valence-electron chi connectivity index (χ3n) is 5.02. The highest BCUT2D eigenvalue weighted by atomic mass is 35.5. The van der Waals surface area contributed by atoms with Crippen LogP contribution in [0.3, 0.4) is 0 Å². The second-order valence-corrected chi connectivity index (χ2v) is 8.66. The summed E-state index contributed by atoms with van der Waals surface area (Å²) in [6, 6.07) is 28.3. The van der Waals surface area contributed by atoms with E-state index in [1.165, 1.54) is 0 Å². The van der Waals surface area contributed by atoms with Crippen LogP contribution in [0.15, 0.2) is 96.3 Å². The van der Waals surface area contributed by atoms with E-state index in [1.807, 2.05) is 71.5 Å². The monoisotopic (exact) mass is 457 g/mol. The van der Waals surface area contributed by atoms with Crippen molar-refractivity contribution >= 4 is 23.4 Å². The number of nitrogens with zero attached hydrogens (tertiary/aromatic N) is 4. The van der Waals surface area contributed by atoms with Gasteiger partial charge >= 0.3 is 0 Å². The molecule has 2 heterocycles. The van der Waals surface area contributed by atoms with Gasteiger partial charge in [0, 0.05) is 28.1 Å². The third kappa shape index (κ3) is 4.61. The number of hydrogen-bond donors (Lipinski definition) is 1. The quantitative estimate of drug-likeness (QED) is 0.290. The van der Waals surface area contributed by atoms with Gasteiger partial charge in [-0.1, -0.05) is 107 Å². The molecule has 32 heavy (non-hydrogen) atoms. The lowest BCUT2D eigenvalue weighted by atomic mass is 10.1. The van der Waals surface area contributed by atoms with Crippen LogP contribution in [0, 0.1) is 0 Å². The Morgan fingerprint density at radius 1 is 0.844 bits per heavy atom.